The Balaban J connectivity index is 1.89. The van der Waals surface area contributed by atoms with Gasteiger partial charge in [0.25, 0.3) is 5.91 Å². The second kappa shape index (κ2) is 10.0. The van der Waals surface area contributed by atoms with Crippen LogP contribution in [-0.2, 0) is 15.0 Å². The molecule has 4 amide bonds. The maximum atomic E-state index is 13.7. The second-order valence-corrected chi connectivity index (χ2v) is 9.85. The zero-order valence-corrected chi connectivity index (χ0v) is 20.8. The highest BCUT2D eigenvalue weighted by Crippen LogP contribution is 2.42. The van der Waals surface area contributed by atoms with Crippen molar-refractivity contribution in [1.82, 2.24) is 15.1 Å². The molecule has 0 unspecified atom stereocenters. The molecule has 3 rings (SSSR count). The number of carbonyl (C=O) groups excluding carboxylic acids is 3. The number of fused-ring (bicyclic) bond motifs is 1. The number of carboxylic acid groups (broad SMARTS) is 1. The minimum absolute atomic E-state index is 0.0667. The Labute approximate surface area is 201 Å². The van der Waals surface area contributed by atoms with E-state index in [2.05, 4.69) is 5.32 Å². The summed E-state index contributed by atoms with van der Waals surface area (Å²) in [7, 11) is 0. The maximum Gasteiger partial charge on any atom is 0.407 e. The van der Waals surface area contributed by atoms with Crippen molar-refractivity contribution < 1.29 is 24.3 Å². The van der Waals surface area contributed by atoms with Crippen LogP contribution in [-0.4, -0.2) is 77.0 Å². The number of likely N-dealkylation sites (tertiary alicyclic amines) is 1. The molecule has 9 heteroatoms. The molecule has 1 fully saturated rings. The van der Waals surface area contributed by atoms with Gasteiger partial charge in [-0.15, -0.1) is 0 Å². The summed E-state index contributed by atoms with van der Waals surface area (Å²) in [6, 6.07) is 5.04. The van der Waals surface area contributed by atoms with Crippen molar-refractivity contribution in [2.24, 2.45) is 0 Å². The van der Waals surface area contributed by atoms with Crippen molar-refractivity contribution in [3.63, 3.8) is 0 Å². The Bertz CT molecular complexity index is 974. The van der Waals surface area contributed by atoms with Gasteiger partial charge in [-0.2, -0.15) is 0 Å². The topological polar surface area (TPSA) is 110 Å². The van der Waals surface area contributed by atoms with E-state index in [9.17, 15) is 24.3 Å². The fraction of sp³-hybridized carbons (Fsp3) is 0.600. The van der Waals surface area contributed by atoms with Crippen molar-refractivity contribution in [2.75, 3.05) is 31.1 Å². The first kappa shape index (κ1) is 25.5. The lowest BCUT2D eigenvalue weighted by Gasteiger charge is -2.40. The van der Waals surface area contributed by atoms with Crippen LogP contribution in [0.2, 0.25) is 0 Å². The summed E-state index contributed by atoms with van der Waals surface area (Å²) in [5.74, 6) is -0.320. The molecule has 0 aliphatic carbocycles. The average Bonchev–Trinajstić information content (AvgIpc) is 2.98. The molecule has 2 aliphatic heterocycles. The molecule has 0 aromatic heterocycles. The lowest BCUT2D eigenvalue weighted by molar-refractivity contribution is -0.123. The summed E-state index contributed by atoms with van der Waals surface area (Å²) < 4.78 is 0. The molecule has 1 aromatic carbocycles. The number of carbonyl (C=O) groups is 4. The summed E-state index contributed by atoms with van der Waals surface area (Å²) >= 11 is 0. The maximum absolute atomic E-state index is 13.7. The molecule has 0 radical (unpaired) electrons. The van der Waals surface area contributed by atoms with Gasteiger partial charge in [0.05, 0.1) is 11.5 Å². The summed E-state index contributed by atoms with van der Waals surface area (Å²) in [5.41, 5.74) is 1.27. The first-order valence-corrected chi connectivity index (χ1v) is 12.0. The van der Waals surface area contributed by atoms with Crippen LogP contribution in [0.4, 0.5) is 10.5 Å². The van der Waals surface area contributed by atoms with E-state index in [4.69, 9.17) is 0 Å². The number of piperidine rings is 1. The lowest BCUT2D eigenvalue weighted by Crippen LogP contribution is -2.53. The SMILES string of the molecule is CCC(=O)NCCN1C(=O)C(C)(C)c2ccc(C(=O)N(C(C)C)[C@@H]3CCCN(C(=O)O)C3)cc21. The van der Waals surface area contributed by atoms with Crippen molar-refractivity contribution in [3.05, 3.63) is 29.3 Å². The van der Waals surface area contributed by atoms with E-state index < -0.39 is 11.5 Å². The summed E-state index contributed by atoms with van der Waals surface area (Å²) in [5, 5.41) is 12.2. The Kier molecular flexibility index (Phi) is 7.53. The molecule has 1 aromatic rings. The van der Waals surface area contributed by atoms with Gasteiger partial charge < -0.3 is 25.1 Å². The third-order valence-corrected chi connectivity index (χ3v) is 6.82. The van der Waals surface area contributed by atoms with Gasteiger partial charge in [-0.25, -0.2) is 4.79 Å². The van der Waals surface area contributed by atoms with Gasteiger partial charge in [0.15, 0.2) is 0 Å². The first-order valence-electron chi connectivity index (χ1n) is 12.0. The number of nitrogens with one attached hydrogen (secondary N) is 1. The molecule has 1 atom stereocenters. The van der Waals surface area contributed by atoms with Gasteiger partial charge in [0, 0.05) is 49.9 Å². The number of benzene rings is 1. The summed E-state index contributed by atoms with van der Waals surface area (Å²) in [6.45, 7) is 10.8. The zero-order chi connectivity index (χ0) is 25.2. The molecule has 2 N–H and O–H groups in total. The van der Waals surface area contributed by atoms with E-state index >= 15 is 0 Å². The van der Waals surface area contributed by atoms with Gasteiger partial charge in [-0.05, 0) is 58.2 Å². The number of amides is 4. The summed E-state index contributed by atoms with van der Waals surface area (Å²) in [6.07, 6.45) is 0.857. The molecule has 2 heterocycles. The molecule has 34 heavy (non-hydrogen) atoms. The van der Waals surface area contributed by atoms with Crippen molar-refractivity contribution in [3.8, 4) is 0 Å². The van der Waals surface area contributed by atoms with E-state index in [1.807, 2.05) is 33.8 Å². The highest BCUT2D eigenvalue weighted by molar-refractivity contribution is 6.09. The minimum Gasteiger partial charge on any atom is -0.465 e. The fourth-order valence-electron chi connectivity index (χ4n) is 4.96. The van der Waals surface area contributed by atoms with E-state index in [0.717, 1.165) is 12.0 Å². The van der Waals surface area contributed by atoms with E-state index in [0.29, 0.717) is 50.3 Å². The molecule has 0 saturated carbocycles. The van der Waals surface area contributed by atoms with Crippen LogP contribution in [0.15, 0.2) is 18.2 Å². The van der Waals surface area contributed by atoms with Gasteiger partial charge in [-0.1, -0.05) is 13.0 Å². The zero-order valence-electron chi connectivity index (χ0n) is 20.8. The molecule has 186 valence electrons. The van der Waals surface area contributed by atoms with Crippen LogP contribution >= 0.6 is 0 Å². The van der Waals surface area contributed by atoms with Gasteiger partial charge in [-0.3, -0.25) is 14.4 Å². The van der Waals surface area contributed by atoms with Crippen LogP contribution in [0, 0.1) is 0 Å². The standard InChI is InChI=1S/C25H36N4O5/c1-6-21(30)26-11-13-28-20-14-17(9-10-19(20)25(4,5)23(28)32)22(31)29(16(2)3)18-8-7-12-27(15-18)24(33)34/h9-10,14,16,18H,6-8,11-13,15H2,1-5H3,(H,26,30)(H,33,34)/t18-/m1/s1. The molecule has 1 saturated heterocycles. The lowest BCUT2D eigenvalue weighted by atomic mass is 9.85. The first-order chi connectivity index (χ1) is 16.0. The largest absolute Gasteiger partial charge is 0.465 e. The Morgan fingerprint density at radius 1 is 1.26 bits per heavy atom. The predicted molar refractivity (Wildman–Crippen MR) is 129 cm³/mol. The minimum atomic E-state index is -0.968. The van der Waals surface area contributed by atoms with Crippen LogP contribution in [0.3, 0.4) is 0 Å². The number of nitrogens with zero attached hydrogens (tertiary/aromatic N) is 3. The van der Waals surface area contributed by atoms with Crippen molar-refractivity contribution >= 4 is 29.5 Å². The van der Waals surface area contributed by atoms with Crippen LogP contribution < -0.4 is 10.2 Å². The van der Waals surface area contributed by atoms with Crippen LogP contribution in [0.1, 0.15) is 69.8 Å². The quantitative estimate of drug-likeness (QED) is 0.634. The Hall–Kier alpha value is -3.10. The van der Waals surface area contributed by atoms with E-state index in [1.54, 1.807) is 28.9 Å². The molecule has 0 spiro atoms. The van der Waals surface area contributed by atoms with E-state index in [1.165, 1.54) is 4.90 Å². The van der Waals surface area contributed by atoms with Gasteiger partial charge in [0.2, 0.25) is 11.8 Å². The smallest absolute Gasteiger partial charge is 0.407 e. The van der Waals surface area contributed by atoms with Crippen LogP contribution in [0.5, 0.6) is 0 Å². The Morgan fingerprint density at radius 3 is 2.59 bits per heavy atom. The van der Waals surface area contributed by atoms with Gasteiger partial charge in [0.1, 0.15) is 0 Å². The number of rotatable bonds is 7. The molecular formula is C25H36N4O5. The highest BCUT2D eigenvalue weighted by Gasteiger charge is 2.44. The number of anilines is 1. The Morgan fingerprint density at radius 2 is 1.97 bits per heavy atom. The number of hydrogen-bond donors (Lipinski definition) is 2. The normalized spacial score (nSPS) is 19.2. The summed E-state index contributed by atoms with van der Waals surface area (Å²) in [4.78, 5) is 54.7. The average molecular weight is 473 g/mol. The van der Waals surface area contributed by atoms with Crippen LogP contribution in [0.25, 0.3) is 0 Å². The van der Waals surface area contributed by atoms with Gasteiger partial charge >= 0.3 is 6.09 Å². The second-order valence-electron chi connectivity index (χ2n) is 9.85. The third kappa shape index (κ3) is 4.88. The number of hydrogen-bond acceptors (Lipinski definition) is 4. The fourth-order valence-corrected chi connectivity index (χ4v) is 4.96. The molecule has 0 bridgehead atoms. The predicted octanol–water partition coefficient (Wildman–Crippen LogP) is 2.83. The third-order valence-electron chi connectivity index (χ3n) is 6.82. The molecule has 9 nitrogen and oxygen atoms in total. The highest BCUT2D eigenvalue weighted by atomic mass is 16.4. The molecular weight excluding hydrogens is 436 g/mol. The molecule has 2 aliphatic rings. The van der Waals surface area contributed by atoms with Crippen molar-refractivity contribution in [1.29, 1.82) is 0 Å². The van der Waals surface area contributed by atoms with E-state index in [-0.39, 0.29) is 29.8 Å². The van der Waals surface area contributed by atoms with Crippen molar-refractivity contribution in [2.45, 2.75) is 71.4 Å². The monoisotopic (exact) mass is 472 g/mol.